The minimum Gasteiger partial charge on any atom is -0.481 e. The number of carboxylic acid groups (broad SMARTS) is 1. The number of fused-ring (bicyclic) bond motifs is 1. The molecule has 0 unspecified atom stereocenters. The Labute approximate surface area is 112 Å². The maximum atomic E-state index is 10.5. The average molecular weight is 277 g/mol. The predicted molar refractivity (Wildman–Crippen MR) is 68.1 cm³/mol. The second-order valence-electron chi connectivity index (χ2n) is 4.13. The van der Waals surface area contributed by atoms with Gasteiger partial charge in [0.25, 0.3) is 0 Å². The summed E-state index contributed by atoms with van der Waals surface area (Å²) in [6, 6.07) is 0. The molecule has 0 aromatic carbocycles. The van der Waals surface area contributed by atoms with Crippen LogP contribution in [0.5, 0.6) is 0 Å². The van der Waals surface area contributed by atoms with Crippen LogP contribution < -0.4 is 0 Å². The maximum absolute atomic E-state index is 10.5. The van der Waals surface area contributed by atoms with Gasteiger partial charge in [0.15, 0.2) is 4.96 Å². The fraction of sp³-hybridized carbons (Fsp3) is 0.273. The maximum Gasteiger partial charge on any atom is 0.303 e. The van der Waals surface area contributed by atoms with Crippen molar-refractivity contribution in [2.75, 3.05) is 0 Å². The normalized spacial score (nSPS) is 11.2. The van der Waals surface area contributed by atoms with Crippen molar-refractivity contribution in [3.05, 3.63) is 35.4 Å². The largest absolute Gasteiger partial charge is 0.481 e. The molecule has 0 aliphatic carbocycles. The summed E-state index contributed by atoms with van der Waals surface area (Å²) in [5.74, 6) is -0.830. The van der Waals surface area contributed by atoms with E-state index in [1.807, 2.05) is 22.2 Å². The van der Waals surface area contributed by atoms with Gasteiger partial charge in [0, 0.05) is 30.4 Å². The van der Waals surface area contributed by atoms with Crippen molar-refractivity contribution in [3.63, 3.8) is 0 Å². The Morgan fingerprint density at radius 1 is 1.37 bits per heavy atom. The first-order valence-electron chi connectivity index (χ1n) is 5.72. The van der Waals surface area contributed by atoms with Gasteiger partial charge in [-0.05, 0) is 0 Å². The molecule has 8 heteroatoms. The molecule has 3 rings (SSSR count). The molecule has 0 bridgehead atoms. The monoisotopic (exact) mass is 277 g/mol. The number of aromatic nitrogens is 5. The highest BCUT2D eigenvalue weighted by Gasteiger charge is 2.07. The van der Waals surface area contributed by atoms with Gasteiger partial charge >= 0.3 is 5.97 Å². The molecule has 0 aliphatic heterocycles. The van der Waals surface area contributed by atoms with Gasteiger partial charge in [0.2, 0.25) is 0 Å². The molecular formula is C11H11N5O2S. The minimum absolute atomic E-state index is 0.0684. The van der Waals surface area contributed by atoms with Crippen LogP contribution in [0.3, 0.4) is 0 Å². The van der Waals surface area contributed by atoms with Crippen molar-refractivity contribution in [1.29, 1.82) is 0 Å². The van der Waals surface area contributed by atoms with Crippen LogP contribution >= 0.6 is 11.3 Å². The molecule has 0 spiro atoms. The van der Waals surface area contributed by atoms with Crippen LogP contribution in [0, 0.1) is 0 Å². The lowest BCUT2D eigenvalue weighted by molar-refractivity contribution is -0.136. The third-order valence-electron chi connectivity index (χ3n) is 2.65. The zero-order valence-corrected chi connectivity index (χ0v) is 10.7. The van der Waals surface area contributed by atoms with Crippen molar-refractivity contribution < 1.29 is 9.90 Å². The molecule has 0 saturated carbocycles. The predicted octanol–water partition coefficient (Wildman–Crippen LogP) is 1.05. The number of hydrogen-bond donors (Lipinski definition) is 1. The zero-order valence-electron chi connectivity index (χ0n) is 9.93. The molecule has 0 atom stereocenters. The highest BCUT2D eigenvalue weighted by molar-refractivity contribution is 7.15. The number of imidazole rings is 1. The standard InChI is InChI=1S/C11H11N5O2S/c17-10(18)2-1-8-6-16(14-13-8)7-9-5-15-3-4-19-11(15)12-9/h3-6H,1-2,7H2,(H,17,18). The van der Waals surface area contributed by atoms with Crippen LogP contribution in [0.25, 0.3) is 4.96 Å². The van der Waals surface area contributed by atoms with E-state index in [9.17, 15) is 4.79 Å². The Bertz CT molecular complexity index is 685. The Morgan fingerprint density at radius 3 is 3.05 bits per heavy atom. The zero-order chi connectivity index (χ0) is 13.2. The van der Waals surface area contributed by atoms with Crippen molar-refractivity contribution in [2.24, 2.45) is 0 Å². The van der Waals surface area contributed by atoms with E-state index < -0.39 is 5.97 Å². The SMILES string of the molecule is O=C(O)CCc1cn(Cc2cn3ccsc3n2)nn1. The first-order valence-corrected chi connectivity index (χ1v) is 6.60. The van der Waals surface area contributed by atoms with Gasteiger partial charge in [-0.1, -0.05) is 5.21 Å². The summed E-state index contributed by atoms with van der Waals surface area (Å²) < 4.78 is 3.63. The number of rotatable bonds is 5. The van der Waals surface area contributed by atoms with E-state index in [4.69, 9.17) is 5.11 Å². The first-order chi connectivity index (χ1) is 9.20. The van der Waals surface area contributed by atoms with Crippen LogP contribution in [0.2, 0.25) is 0 Å². The second kappa shape index (κ2) is 4.81. The second-order valence-corrected chi connectivity index (χ2v) is 5.00. The molecule has 98 valence electrons. The quantitative estimate of drug-likeness (QED) is 0.753. The lowest BCUT2D eigenvalue weighted by atomic mass is 10.2. The molecule has 0 aliphatic rings. The Balaban J connectivity index is 1.69. The van der Waals surface area contributed by atoms with Crippen LogP contribution in [0.1, 0.15) is 17.8 Å². The molecule has 3 heterocycles. The van der Waals surface area contributed by atoms with Crippen molar-refractivity contribution in [3.8, 4) is 0 Å². The lowest BCUT2D eigenvalue weighted by Crippen LogP contribution is -2.00. The van der Waals surface area contributed by atoms with Gasteiger partial charge in [-0.15, -0.1) is 16.4 Å². The van der Waals surface area contributed by atoms with Crippen LogP contribution in [0.15, 0.2) is 24.0 Å². The van der Waals surface area contributed by atoms with Crippen molar-refractivity contribution in [2.45, 2.75) is 19.4 Å². The van der Waals surface area contributed by atoms with E-state index in [-0.39, 0.29) is 6.42 Å². The Kier molecular flexibility index (Phi) is 3.00. The summed E-state index contributed by atoms with van der Waals surface area (Å²) in [7, 11) is 0. The molecule has 0 radical (unpaired) electrons. The minimum atomic E-state index is -0.830. The van der Waals surface area contributed by atoms with Crippen LogP contribution in [0.4, 0.5) is 0 Å². The van der Waals surface area contributed by atoms with Gasteiger partial charge in [0.1, 0.15) is 0 Å². The van der Waals surface area contributed by atoms with E-state index >= 15 is 0 Å². The molecule has 1 N–H and O–H groups in total. The smallest absolute Gasteiger partial charge is 0.303 e. The fourth-order valence-corrected chi connectivity index (χ4v) is 2.50. The van der Waals surface area contributed by atoms with Crippen molar-refractivity contribution in [1.82, 2.24) is 24.4 Å². The number of thiazole rings is 1. The summed E-state index contributed by atoms with van der Waals surface area (Å²) in [5, 5.41) is 18.5. The Morgan fingerprint density at radius 2 is 2.26 bits per heavy atom. The molecule has 3 aromatic rings. The molecule has 7 nitrogen and oxygen atoms in total. The highest BCUT2D eigenvalue weighted by atomic mass is 32.1. The number of nitrogens with zero attached hydrogens (tertiary/aromatic N) is 5. The summed E-state index contributed by atoms with van der Waals surface area (Å²) >= 11 is 1.58. The topological polar surface area (TPSA) is 85.3 Å². The number of carbonyl (C=O) groups is 1. The summed E-state index contributed by atoms with van der Waals surface area (Å²) in [6.07, 6.45) is 6.13. The number of hydrogen-bond acceptors (Lipinski definition) is 5. The third kappa shape index (κ3) is 2.63. The van der Waals surface area contributed by atoms with E-state index in [2.05, 4.69) is 15.3 Å². The van der Waals surface area contributed by atoms with E-state index in [1.165, 1.54) is 0 Å². The van der Waals surface area contributed by atoms with Gasteiger partial charge in [0.05, 0.1) is 24.4 Å². The lowest BCUT2D eigenvalue weighted by Gasteiger charge is -1.94. The van der Waals surface area contributed by atoms with Gasteiger partial charge in [-0.3, -0.25) is 9.20 Å². The highest BCUT2D eigenvalue weighted by Crippen LogP contribution is 2.12. The van der Waals surface area contributed by atoms with E-state index in [1.54, 1.807) is 22.2 Å². The molecule has 0 fully saturated rings. The average Bonchev–Trinajstić information content (AvgIpc) is 3.02. The van der Waals surface area contributed by atoms with Gasteiger partial charge in [-0.2, -0.15) is 0 Å². The van der Waals surface area contributed by atoms with Crippen molar-refractivity contribution >= 4 is 22.3 Å². The molecule has 3 aromatic heterocycles. The van der Waals surface area contributed by atoms with Crippen LogP contribution in [-0.4, -0.2) is 35.5 Å². The number of aliphatic carboxylic acids is 1. The van der Waals surface area contributed by atoms with E-state index in [0.29, 0.717) is 18.7 Å². The number of carboxylic acids is 1. The fourth-order valence-electron chi connectivity index (χ4n) is 1.78. The third-order valence-corrected chi connectivity index (χ3v) is 3.42. The summed E-state index contributed by atoms with van der Waals surface area (Å²) in [5.41, 5.74) is 1.59. The van der Waals surface area contributed by atoms with Crippen LogP contribution in [-0.2, 0) is 17.8 Å². The van der Waals surface area contributed by atoms with E-state index in [0.717, 1.165) is 10.7 Å². The summed E-state index contributed by atoms with van der Waals surface area (Å²) in [6.45, 7) is 0.536. The first kappa shape index (κ1) is 11.8. The molecule has 0 amide bonds. The molecule has 0 saturated heterocycles. The molecular weight excluding hydrogens is 266 g/mol. The van der Waals surface area contributed by atoms with Gasteiger partial charge < -0.3 is 5.11 Å². The summed E-state index contributed by atoms with van der Waals surface area (Å²) in [4.78, 5) is 15.9. The van der Waals surface area contributed by atoms with Gasteiger partial charge in [-0.25, -0.2) is 9.67 Å². The Hall–Kier alpha value is -2.22. The number of aryl methyl sites for hydroxylation is 1. The molecule has 19 heavy (non-hydrogen) atoms.